The number of rotatable bonds is 13. The molecule has 188 valence electrons. The standard InChI is InChI=1S/C27H35N3O3S2/c1-18-9-10-21(19(2)13-18)22-14-20-17-30-25(15-24(20)33-26(22)34)31-11-7-5-3-4-6-8-12-32-27(35)23(29)16-28/h9-10,13-15,17,23H,3-8,11-12,16,28-29H2,1-2H3. The Morgan fingerprint density at radius 2 is 1.71 bits per heavy atom. The quantitative estimate of drug-likeness (QED) is 0.206. The summed E-state index contributed by atoms with van der Waals surface area (Å²) in [5, 5.41) is 1.31. The first-order valence-corrected chi connectivity index (χ1v) is 13.0. The summed E-state index contributed by atoms with van der Waals surface area (Å²) in [5.41, 5.74) is 16.3. The van der Waals surface area contributed by atoms with Gasteiger partial charge in [-0.05, 0) is 68.3 Å². The fourth-order valence-corrected chi connectivity index (χ4v) is 4.28. The Morgan fingerprint density at radius 3 is 2.43 bits per heavy atom. The summed E-state index contributed by atoms with van der Waals surface area (Å²) in [4.78, 5) is 4.45. The molecule has 1 unspecified atom stereocenters. The Labute approximate surface area is 218 Å². The van der Waals surface area contributed by atoms with Gasteiger partial charge < -0.3 is 25.4 Å². The molecule has 0 radical (unpaired) electrons. The van der Waals surface area contributed by atoms with Gasteiger partial charge in [0.05, 0.1) is 19.3 Å². The lowest BCUT2D eigenvalue weighted by molar-refractivity contribution is 0.283. The molecule has 0 saturated heterocycles. The van der Waals surface area contributed by atoms with Gasteiger partial charge in [0.15, 0.2) is 9.76 Å². The predicted octanol–water partition coefficient (Wildman–Crippen LogP) is 6.19. The molecule has 1 atom stereocenters. The van der Waals surface area contributed by atoms with Crippen LogP contribution < -0.4 is 16.2 Å². The first-order chi connectivity index (χ1) is 16.9. The second kappa shape index (κ2) is 13.6. The van der Waals surface area contributed by atoms with Crippen LogP contribution in [0.5, 0.6) is 5.88 Å². The summed E-state index contributed by atoms with van der Waals surface area (Å²) in [6.45, 7) is 5.70. The number of nitrogens with two attached hydrogens (primary N) is 2. The summed E-state index contributed by atoms with van der Waals surface area (Å²) in [6, 6.07) is 9.83. The average molecular weight is 514 g/mol. The molecule has 35 heavy (non-hydrogen) atoms. The maximum Gasteiger partial charge on any atom is 0.216 e. The zero-order valence-electron chi connectivity index (χ0n) is 20.5. The van der Waals surface area contributed by atoms with Gasteiger partial charge in [-0.25, -0.2) is 4.98 Å². The molecule has 0 aliphatic carbocycles. The minimum atomic E-state index is -0.352. The third-order valence-corrected chi connectivity index (χ3v) is 6.58. The molecular formula is C27H35N3O3S2. The number of aromatic nitrogens is 1. The van der Waals surface area contributed by atoms with Crippen molar-refractivity contribution in [2.45, 2.75) is 58.4 Å². The molecule has 2 aromatic heterocycles. The second-order valence-electron chi connectivity index (χ2n) is 8.81. The van der Waals surface area contributed by atoms with Crippen LogP contribution in [0.3, 0.4) is 0 Å². The Kier molecular flexibility index (Phi) is 10.6. The number of hydrogen-bond acceptors (Lipinski definition) is 8. The van der Waals surface area contributed by atoms with Gasteiger partial charge in [0.2, 0.25) is 5.88 Å². The first kappa shape index (κ1) is 27.2. The minimum Gasteiger partial charge on any atom is -0.485 e. The highest BCUT2D eigenvalue weighted by Gasteiger charge is 2.10. The van der Waals surface area contributed by atoms with E-state index in [1.807, 2.05) is 12.1 Å². The normalized spacial score (nSPS) is 12.0. The Hall–Kier alpha value is -2.39. The summed E-state index contributed by atoms with van der Waals surface area (Å²) < 4.78 is 17.7. The molecule has 8 heteroatoms. The highest BCUT2D eigenvalue weighted by atomic mass is 32.1. The van der Waals surface area contributed by atoms with Crippen molar-refractivity contribution in [3.63, 3.8) is 0 Å². The van der Waals surface area contributed by atoms with Crippen molar-refractivity contribution in [1.29, 1.82) is 0 Å². The second-order valence-corrected chi connectivity index (χ2v) is 9.58. The van der Waals surface area contributed by atoms with E-state index in [4.69, 9.17) is 49.8 Å². The lowest BCUT2D eigenvalue weighted by Gasteiger charge is -2.12. The van der Waals surface area contributed by atoms with Crippen molar-refractivity contribution in [3.05, 3.63) is 52.4 Å². The number of hydrogen-bond donors (Lipinski definition) is 2. The molecule has 1 aromatic carbocycles. The van der Waals surface area contributed by atoms with Gasteiger partial charge in [0, 0.05) is 29.8 Å². The van der Waals surface area contributed by atoms with Gasteiger partial charge in [-0.3, -0.25) is 0 Å². The van der Waals surface area contributed by atoms with Crippen LogP contribution in [0.15, 0.2) is 40.9 Å². The van der Waals surface area contributed by atoms with Gasteiger partial charge in [-0.2, -0.15) is 0 Å². The molecule has 3 rings (SSSR count). The van der Waals surface area contributed by atoms with Crippen LogP contribution in [0.4, 0.5) is 0 Å². The molecule has 0 aliphatic rings. The lowest BCUT2D eigenvalue weighted by atomic mass is 10.00. The maximum absolute atomic E-state index is 5.96. The van der Waals surface area contributed by atoms with Crippen molar-refractivity contribution in [1.82, 2.24) is 4.98 Å². The number of benzene rings is 1. The third-order valence-electron chi connectivity index (χ3n) is 5.85. The molecule has 2 heterocycles. The van der Waals surface area contributed by atoms with E-state index in [9.17, 15) is 0 Å². The smallest absolute Gasteiger partial charge is 0.216 e. The largest absolute Gasteiger partial charge is 0.485 e. The third kappa shape index (κ3) is 8.07. The number of fused-ring (bicyclic) bond motifs is 1. The molecule has 6 nitrogen and oxygen atoms in total. The number of nitrogens with zero attached hydrogens (tertiary/aromatic N) is 1. The minimum absolute atomic E-state index is 0.314. The van der Waals surface area contributed by atoms with E-state index in [-0.39, 0.29) is 6.04 Å². The topological polar surface area (TPSA) is 96.5 Å². The number of aryl methyl sites for hydroxylation is 2. The first-order valence-electron chi connectivity index (χ1n) is 12.2. The van der Waals surface area contributed by atoms with Crippen LogP contribution in [0.2, 0.25) is 0 Å². The number of ether oxygens (including phenoxy) is 2. The van der Waals surface area contributed by atoms with Crippen molar-refractivity contribution >= 4 is 40.5 Å². The average Bonchev–Trinajstić information content (AvgIpc) is 2.84. The molecule has 0 spiro atoms. The van der Waals surface area contributed by atoms with Crippen LogP contribution in [0.25, 0.3) is 22.1 Å². The van der Waals surface area contributed by atoms with Crippen LogP contribution in [0, 0.1) is 18.6 Å². The van der Waals surface area contributed by atoms with E-state index in [2.05, 4.69) is 37.0 Å². The Bertz CT molecular complexity index is 1200. The van der Waals surface area contributed by atoms with E-state index in [1.165, 1.54) is 11.1 Å². The molecule has 4 N–H and O–H groups in total. The van der Waals surface area contributed by atoms with Crippen LogP contribution >= 0.6 is 24.4 Å². The summed E-state index contributed by atoms with van der Waals surface area (Å²) in [7, 11) is 0. The Balaban J connectivity index is 1.40. The van der Waals surface area contributed by atoms with Crippen molar-refractivity contribution in [2.24, 2.45) is 11.5 Å². The maximum atomic E-state index is 5.96. The highest BCUT2D eigenvalue weighted by Crippen LogP contribution is 2.30. The van der Waals surface area contributed by atoms with Crippen LogP contribution in [-0.2, 0) is 4.74 Å². The van der Waals surface area contributed by atoms with Gasteiger partial charge in [-0.1, -0.05) is 49.4 Å². The van der Waals surface area contributed by atoms with Crippen molar-refractivity contribution in [3.8, 4) is 17.0 Å². The van der Waals surface area contributed by atoms with Crippen molar-refractivity contribution < 1.29 is 13.9 Å². The van der Waals surface area contributed by atoms with E-state index >= 15 is 0 Å². The van der Waals surface area contributed by atoms with E-state index < -0.39 is 0 Å². The molecule has 0 saturated carbocycles. The molecule has 0 fully saturated rings. The summed E-state index contributed by atoms with van der Waals surface area (Å²) >= 11 is 10.6. The van der Waals surface area contributed by atoms with Crippen molar-refractivity contribution in [2.75, 3.05) is 19.8 Å². The van der Waals surface area contributed by atoms with E-state index in [0.29, 0.717) is 41.0 Å². The number of unbranched alkanes of at least 4 members (excludes halogenated alkanes) is 5. The van der Waals surface area contributed by atoms with Gasteiger partial charge in [-0.15, -0.1) is 0 Å². The zero-order chi connectivity index (χ0) is 25.2. The summed E-state index contributed by atoms with van der Waals surface area (Å²) in [5.74, 6) is 0.554. The van der Waals surface area contributed by atoms with E-state index in [0.717, 1.165) is 55.0 Å². The van der Waals surface area contributed by atoms with Crippen LogP contribution in [-0.4, -0.2) is 35.8 Å². The number of pyridine rings is 1. The fraction of sp³-hybridized carbons (Fsp3) is 0.444. The molecule has 0 amide bonds. The van der Waals surface area contributed by atoms with Gasteiger partial charge >= 0.3 is 0 Å². The number of thiocarbonyl (C=S) groups is 1. The van der Waals surface area contributed by atoms with Gasteiger partial charge in [0.1, 0.15) is 5.58 Å². The predicted molar refractivity (Wildman–Crippen MR) is 149 cm³/mol. The Morgan fingerprint density at radius 1 is 1.00 bits per heavy atom. The van der Waals surface area contributed by atoms with E-state index in [1.54, 1.807) is 6.20 Å². The SMILES string of the molecule is Cc1ccc(-c2cc3cnc(OCCCCCCCCOC(=S)C(N)CN)cc3oc2=S)c(C)c1. The fourth-order valence-electron chi connectivity index (χ4n) is 3.84. The molecular weight excluding hydrogens is 478 g/mol. The molecule has 0 bridgehead atoms. The van der Waals surface area contributed by atoms with Gasteiger partial charge in [0.25, 0.3) is 0 Å². The lowest BCUT2D eigenvalue weighted by Crippen LogP contribution is -2.38. The highest BCUT2D eigenvalue weighted by molar-refractivity contribution is 7.80. The zero-order valence-corrected chi connectivity index (χ0v) is 22.2. The van der Waals surface area contributed by atoms with Crippen LogP contribution in [0.1, 0.15) is 49.7 Å². The summed E-state index contributed by atoms with van der Waals surface area (Å²) in [6.07, 6.45) is 8.22. The monoisotopic (exact) mass is 513 g/mol. The molecule has 0 aliphatic heterocycles. The molecule has 3 aromatic rings.